The fourth-order valence-electron chi connectivity index (χ4n) is 3.25. The molecule has 0 saturated carbocycles. The van der Waals surface area contributed by atoms with Crippen molar-refractivity contribution in [3.05, 3.63) is 58.8 Å². The average molecular weight is 339 g/mol. The maximum absolute atomic E-state index is 12.2. The molecule has 1 saturated heterocycles. The van der Waals surface area contributed by atoms with Crippen molar-refractivity contribution < 1.29 is 9.59 Å². The van der Waals surface area contributed by atoms with Gasteiger partial charge in [0.25, 0.3) is 0 Å². The molecule has 5 nitrogen and oxygen atoms in total. The summed E-state index contributed by atoms with van der Waals surface area (Å²) in [4.78, 5) is 25.7. The molecule has 1 heterocycles. The molecule has 2 amide bonds. The second kappa shape index (κ2) is 8.12. The summed E-state index contributed by atoms with van der Waals surface area (Å²) in [5, 5.41) is 5.67. The number of allylic oxidation sites excluding steroid dienone is 3. The number of likely N-dealkylation sites (tertiary alicyclic amines) is 1. The number of nitrogens with one attached hydrogen (secondary N) is 2. The van der Waals surface area contributed by atoms with Crippen LogP contribution < -0.4 is 10.6 Å². The molecular weight excluding hydrogens is 314 g/mol. The second-order valence-electron chi connectivity index (χ2n) is 6.72. The molecule has 0 unspecified atom stereocenters. The van der Waals surface area contributed by atoms with Gasteiger partial charge in [-0.15, -0.1) is 0 Å². The molecule has 0 spiro atoms. The van der Waals surface area contributed by atoms with Gasteiger partial charge in [-0.2, -0.15) is 0 Å². The van der Waals surface area contributed by atoms with E-state index >= 15 is 0 Å². The van der Waals surface area contributed by atoms with Crippen LogP contribution in [0, 0.1) is 0 Å². The Kier molecular flexibility index (Phi) is 5.66. The van der Waals surface area contributed by atoms with Crippen LogP contribution in [0.25, 0.3) is 0 Å². The molecular formula is C20H25N3O2. The Morgan fingerprint density at radius 3 is 2.40 bits per heavy atom. The molecule has 0 radical (unpaired) electrons. The van der Waals surface area contributed by atoms with E-state index in [0.29, 0.717) is 18.5 Å². The van der Waals surface area contributed by atoms with Gasteiger partial charge >= 0.3 is 0 Å². The van der Waals surface area contributed by atoms with Crippen molar-refractivity contribution in [2.75, 3.05) is 13.1 Å². The first-order valence-corrected chi connectivity index (χ1v) is 8.86. The van der Waals surface area contributed by atoms with Crippen molar-refractivity contribution >= 4 is 11.8 Å². The van der Waals surface area contributed by atoms with Crippen molar-refractivity contribution in [2.24, 2.45) is 0 Å². The molecule has 1 fully saturated rings. The molecule has 1 aromatic rings. The normalized spacial score (nSPS) is 17.2. The van der Waals surface area contributed by atoms with Crippen LogP contribution in [-0.2, 0) is 22.7 Å². The van der Waals surface area contributed by atoms with E-state index in [1.165, 1.54) is 38.4 Å². The summed E-state index contributed by atoms with van der Waals surface area (Å²) in [6, 6.07) is 8.45. The van der Waals surface area contributed by atoms with Crippen molar-refractivity contribution in [3.63, 3.8) is 0 Å². The fraction of sp³-hybridized carbons (Fsp3) is 0.400. The van der Waals surface area contributed by atoms with E-state index < -0.39 is 0 Å². The number of rotatable bonds is 6. The minimum Gasteiger partial charge on any atom is -0.348 e. The first-order chi connectivity index (χ1) is 12.1. The average Bonchev–Trinajstić information content (AvgIpc) is 3.25. The maximum Gasteiger partial charge on any atom is 0.247 e. The van der Waals surface area contributed by atoms with Gasteiger partial charge < -0.3 is 10.6 Å². The predicted octanol–water partition coefficient (Wildman–Crippen LogP) is 2.25. The van der Waals surface area contributed by atoms with E-state index in [4.69, 9.17) is 0 Å². The molecule has 2 N–H and O–H groups in total. The molecule has 5 heteroatoms. The van der Waals surface area contributed by atoms with Gasteiger partial charge in [0.1, 0.15) is 0 Å². The van der Waals surface area contributed by atoms with Gasteiger partial charge in [-0.1, -0.05) is 30.3 Å². The van der Waals surface area contributed by atoms with Crippen LogP contribution >= 0.6 is 0 Å². The fourth-order valence-corrected chi connectivity index (χ4v) is 3.25. The van der Waals surface area contributed by atoms with E-state index in [1.54, 1.807) is 12.2 Å². The van der Waals surface area contributed by atoms with Gasteiger partial charge in [-0.3, -0.25) is 14.5 Å². The van der Waals surface area contributed by atoms with Crippen LogP contribution in [0.15, 0.2) is 47.7 Å². The van der Waals surface area contributed by atoms with Crippen LogP contribution in [0.3, 0.4) is 0 Å². The van der Waals surface area contributed by atoms with Crippen molar-refractivity contribution in [2.45, 2.75) is 39.3 Å². The monoisotopic (exact) mass is 339 g/mol. The van der Waals surface area contributed by atoms with E-state index in [2.05, 4.69) is 39.8 Å². The van der Waals surface area contributed by atoms with Crippen molar-refractivity contribution in [1.29, 1.82) is 0 Å². The number of carbonyl (C=O) groups is 2. The summed E-state index contributed by atoms with van der Waals surface area (Å²) < 4.78 is 0. The zero-order chi connectivity index (χ0) is 17.6. The topological polar surface area (TPSA) is 61.4 Å². The third-order valence-electron chi connectivity index (χ3n) is 4.58. The second-order valence-corrected chi connectivity index (χ2v) is 6.72. The molecule has 25 heavy (non-hydrogen) atoms. The molecule has 3 rings (SSSR count). The van der Waals surface area contributed by atoms with Gasteiger partial charge in [0.2, 0.25) is 11.8 Å². The van der Waals surface area contributed by atoms with Crippen molar-refractivity contribution in [1.82, 2.24) is 15.5 Å². The highest BCUT2D eigenvalue weighted by atomic mass is 16.2. The number of hydrogen-bond donors (Lipinski definition) is 2. The lowest BCUT2D eigenvalue weighted by molar-refractivity contribution is -0.119. The number of carbonyl (C=O) groups excluding carboxylic acids is 2. The van der Waals surface area contributed by atoms with Crippen LogP contribution in [0.5, 0.6) is 0 Å². The summed E-state index contributed by atoms with van der Waals surface area (Å²) >= 11 is 0. The van der Waals surface area contributed by atoms with Gasteiger partial charge in [-0.05, 0) is 43.1 Å². The van der Waals surface area contributed by atoms with Crippen LogP contribution in [0.2, 0.25) is 0 Å². The molecule has 0 bridgehead atoms. The third kappa shape index (κ3) is 5.03. The summed E-state index contributed by atoms with van der Waals surface area (Å²) in [6.45, 7) is 5.38. The Labute approximate surface area is 148 Å². The zero-order valence-corrected chi connectivity index (χ0v) is 14.7. The summed E-state index contributed by atoms with van der Waals surface area (Å²) in [5.41, 5.74) is 3.85. The minimum absolute atomic E-state index is 0.0854. The molecule has 132 valence electrons. The van der Waals surface area contributed by atoms with Crippen LogP contribution in [-0.4, -0.2) is 29.8 Å². The molecule has 0 aromatic heterocycles. The number of amides is 2. The Bertz CT molecular complexity index is 698. The van der Waals surface area contributed by atoms with Crippen molar-refractivity contribution in [3.8, 4) is 0 Å². The smallest absolute Gasteiger partial charge is 0.247 e. The molecule has 1 aromatic carbocycles. The van der Waals surface area contributed by atoms with Gasteiger partial charge in [0, 0.05) is 37.7 Å². The standard InChI is InChI=1S/C20H25N3O2/c1-15(24)22-19-9-8-18(12-19)20(25)21-13-16-4-6-17(7-5-16)14-23-10-2-3-11-23/h4-9H,2-3,10-14H2,1H3,(H,21,25)(H,22,24). The predicted molar refractivity (Wildman–Crippen MR) is 97.4 cm³/mol. The Morgan fingerprint density at radius 2 is 1.72 bits per heavy atom. The number of benzene rings is 1. The number of nitrogens with zero attached hydrogens (tertiary/aromatic N) is 1. The summed E-state index contributed by atoms with van der Waals surface area (Å²) in [6.07, 6.45) is 6.63. The molecule has 2 aliphatic rings. The molecule has 1 aliphatic carbocycles. The minimum atomic E-state index is -0.115. The quantitative estimate of drug-likeness (QED) is 0.836. The lowest BCUT2D eigenvalue weighted by atomic mass is 10.1. The summed E-state index contributed by atoms with van der Waals surface area (Å²) in [5.74, 6) is -0.201. The maximum atomic E-state index is 12.2. The van der Waals surface area contributed by atoms with E-state index in [-0.39, 0.29) is 11.8 Å². The van der Waals surface area contributed by atoms with E-state index in [9.17, 15) is 9.59 Å². The highest BCUT2D eigenvalue weighted by Gasteiger charge is 2.16. The Balaban J connectivity index is 1.44. The lowest BCUT2D eigenvalue weighted by Crippen LogP contribution is -2.25. The molecule has 1 aliphatic heterocycles. The third-order valence-corrected chi connectivity index (χ3v) is 4.58. The first-order valence-electron chi connectivity index (χ1n) is 8.86. The van der Waals surface area contributed by atoms with Gasteiger partial charge in [0.05, 0.1) is 0 Å². The largest absolute Gasteiger partial charge is 0.348 e. The highest BCUT2D eigenvalue weighted by molar-refractivity contribution is 5.95. The zero-order valence-electron chi connectivity index (χ0n) is 14.7. The molecule has 0 atom stereocenters. The first kappa shape index (κ1) is 17.4. The Hall–Kier alpha value is -2.40. The van der Waals surface area contributed by atoms with Gasteiger partial charge in [-0.25, -0.2) is 0 Å². The SMILES string of the molecule is CC(=O)NC1=CC=C(C(=O)NCc2ccc(CN3CCCC3)cc2)C1. The van der Waals surface area contributed by atoms with E-state index in [1.807, 2.05) is 0 Å². The Morgan fingerprint density at radius 1 is 1.04 bits per heavy atom. The lowest BCUT2D eigenvalue weighted by Gasteiger charge is -2.14. The van der Waals surface area contributed by atoms with Crippen LogP contribution in [0.4, 0.5) is 0 Å². The van der Waals surface area contributed by atoms with Crippen LogP contribution in [0.1, 0.15) is 37.3 Å². The van der Waals surface area contributed by atoms with Gasteiger partial charge in [0.15, 0.2) is 0 Å². The summed E-state index contributed by atoms with van der Waals surface area (Å²) in [7, 11) is 0. The number of hydrogen-bond acceptors (Lipinski definition) is 3. The van der Waals surface area contributed by atoms with E-state index in [0.717, 1.165) is 17.8 Å². The highest BCUT2D eigenvalue weighted by Crippen LogP contribution is 2.17.